The van der Waals surface area contributed by atoms with Gasteiger partial charge in [-0.2, -0.15) is 0 Å². The second kappa shape index (κ2) is 10.6. The molecule has 53 heavy (non-hydrogen) atoms. The SMILES string of the molecule is c1ccc2c(c1)oc1ccc(-n3c4ccccc4c4ccc(Oc5ccc6c7ccccc7n(-c7ccc8oc9ccccc9c8c7)c6c5)cc43)cc12. The van der Waals surface area contributed by atoms with Crippen molar-refractivity contribution in [2.24, 2.45) is 0 Å². The van der Waals surface area contributed by atoms with Gasteiger partial charge in [0.2, 0.25) is 0 Å². The number of aromatic nitrogens is 2. The standard InChI is InChI=1S/C48H28N2O3/c1-5-13-41-33(9-1)35-21-19-31(27-43(35)49(41)29-17-23-47-39(25-29)37-11-3-7-15-45(37)52-47)51-32-20-22-36-34-10-2-6-14-42(34)50(44(36)28-32)30-18-24-48-40(26-30)38-12-4-8-16-46(38)53-48/h1-28H. The van der Waals surface area contributed by atoms with Crippen molar-refractivity contribution in [3.63, 3.8) is 0 Å². The molecule has 5 nitrogen and oxygen atoms in total. The maximum absolute atomic E-state index is 6.74. The van der Waals surface area contributed by atoms with Gasteiger partial charge in [0.25, 0.3) is 0 Å². The Bertz CT molecular complexity index is 3220. The molecular formula is C48H28N2O3. The van der Waals surface area contributed by atoms with Crippen molar-refractivity contribution in [3.05, 3.63) is 170 Å². The van der Waals surface area contributed by atoms with Crippen molar-refractivity contribution in [1.82, 2.24) is 9.13 Å². The third-order valence-corrected chi connectivity index (χ3v) is 10.8. The van der Waals surface area contributed by atoms with Gasteiger partial charge in [0.15, 0.2) is 0 Å². The predicted molar refractivity (Wildman–Crippen MR) is 216 cm³/mol. The molecule has 0 saturated carbocycles. The second-order valence-corrected chi connectivity index (χ2v) is 13.7. The van der Waals surface area contributed by atoms with Crippen LogP contribution in [-0.2, 0) is 0 Å². The first-order valence-corrected chi connectivity index (χ1v) is 17.8. The zero-order valence-corrected chi connectivity index (χ0v) is 28.3. The van der Waals surface area contributed by atoms with E-state index in [1.807, 2.05) is 24.3 Å². The van der Waals surface area contributed by atoms with E-state index >= 15 is 0 Å². The highest BCUT2D eigenvalue weighted by atomic mass is 16.5. The van der Waals surface area contributed by atoms with E-state index in [9.17, 15) is 0 Å². The number of nitrogens with zero attached hydrogens (tertiary/aromatic N) is 2. The van der Waals surface area contributed by atoms with Crippen LogP contribution in [0.15, 0.2) is 179 Å². The van der Waals surface area contributed by atoms with E-state index in [0.717, 1.165) is 88.8 Å². The molecule has 0 aliphatic carbocycles. The molecular weight excluding hydrogens is 653 g/mol. The molecule has 0 atom stereocenters. The monoisotopic (exact) mass is 680 g/mol. The molecule has 0 aliphatic rings. The number of furan rings is 2. The molecule has 0 bridgehead atoms. The molecule has 248 valence electrons. The summed E-state index contributed by atoms with van der Waals surface area (Å²) in [6, 6.07) is 59.3. The normalized spacial score (nSPS) is 12.2. The zero-order chi connectivity index (χ0) is 34.6. The quantitative estimate of drug-likeness (QED) is 0.186. The fraction of sp³-hybridized carbons (Fsp3) is 0. The van der Waals surface area contributed by atoms with Crippen LogP contribution in [0.4, 0.5) is 0 Å². The third kappa shape index (κ3) is 4.13. The third-order valence-electron chi connectivity index (χ3n) is 10.8. The Morgan fingerprint density at radius 1 is 0.302 bits per heavy atom. The zero-order valence-electron chi connectivity index (χ0n) is 28.3. The molecule has 0 saturated heterocycles. The lowest BCUT2D eigenvalue weighted by Gasteiger charge is -2.11. The number of benzene rings is 8. The summed E-state index contributed by atoms with van der Waals surface area (Å²) in [5, 5.41) is 9.14. The number of hydrogen-bond donors (Lipinski definition) is 0. The van der Waals surface area contributed by atoms with Gasteiger partial charge in [0.1, 0.15) is 33.8 Å². The average Bonchev–Trinajstić information content (AvgIpc) is 3.94. The molecule has 0 fully saturated rings. The molecule has 4 heterocycles. The summed E-state index contributed by atoms with van der Waals surface area (Å²) < 4.78 is 23.7. The topological polar surface area (TPSA) is 45.4 Å². The van der Waals surface area contributed by atoms with Crippen molar-refractivity contribution < 1.29 is 13.6 Å². The van der Waals surface area contributed by atoms with Gasteiger partial charge in [-0.25, -0.2) is 0 Å². The van der Waals surface area contributed by atoms with Gasteiger partial charge < -0.3 is 22.7 Å². The van der Waals surface area contributed by atoms with Gasteiger partial charge >= 0.3 is 0 Å². The molecule has 0 N–H and O–H groups in total. The molecule has 12 rings (SSSR count). The minimum atomic E-state index is 0.768. The molecule has 4 aromatic heterocycles. The van der Waals surface area contributed by atoms with Crippen LogP contribution in [-0.4, -0.2) is 9.13 Å². The van der Waals surface area contributed by atoms with Gasteiger partial charge in [0, 0.05) is 66.6 Å². The smallest absolute Gasteiger partial charge is 0.135 e. The predicted octanol–water partition coefficient (Wildman–Crippen LogP) is 13.5. The first kappa shape index (κ1) is 28.5. The lowest BCUT2D eigenvalue weighted by molar-refractivity contribution is 0.484. The fourth-order valence-corrected chi connectivity index (χ4v) is 8.43. The van der Waals surface area contributed by atoms with Gasteiger partial charge in [-0.15, -0.1) is 0 Å². The van der Waals surface area contributed by atoms with E-state index in [-0.39, 0.29) is 0 Å². The Hall–Kier alpha value is -7.24. The van der Waals surface area contributed by atoms with Crippen LogP contribution in [0.5, 0.6) is 11.5 Å². The summed E-state index contributed by atoms with van der Waals surface area (Å²) in [7, 11) is 0. The first-order chi connectivity index (χ1) is 26.2. The van der Waals surface area contributed by atoms with Crippen LogP contribution < -0.4 is 4.74 Å². The number of hydrogen-bond acceptors (Lipinski definition) is 3. The largest absolute Gasteiger partial charge is 0.457 e. The number of ether oxygens (including phenoxy) is 1. The Balaban J connectivity index is 1.01. The maximum Gasteiger partial charge on any atom is 0.135 e. The highest BCUT2D eigenvalue weighted by Crippen LogP contribution is 2.40. The summed E-state index contributed by atoms with van der Waals surface area (Å²) in [6.45, 7) is 0. The molecule has 8 aromatic carbocycles. The molecule has 0 radical (unpaired) electrons. The van der Waals surface area contributed by atoms with Gasteiger partial charge in [-0.1, -0.05) is 72.8 Å². The van der Waals surface area contributed by atoms with Crippen molar-refractivity contribution in [3.8, 4) is 22.9 Å². The van der Waals surface area contributed by atoms with E-state index in [2.05, 4.69) is 155 Å². The van der Waals surface area contributed by atoms with Crippen LogP contribution in [0.25, 0.3) is 98.9 Å². The van der Waals surface area contributed by atoms with E-state index in [1.165, 1.54) is 21.5 Å². The van der Waals surface area contributed by atoms with Crippen LogP contribution >= 0.6 is 0 Å². The second-order valence-electron chi connectivity index (χ2n) is 13.7. The first-order valence-electron chi connectivity index (χ1n) is 17.8. The lowest BCUT2D eigenvalue weighted by Crippen LogP contribution is -1.95. The van der Waals surface area contributed by atoms with Crippen LogP contribution in [0.2, 0.25) is 0 Å². The van der Waals surface area contributed by atoms with Crippen LogP contribution in [0, 0.1) is 0 Å². The summed E-state index contributed by atoms with van der Waals surface area (Å²) in [5.41, 5.74) is 10.1. The van der Waals surface area contributed by atoms with Gasteiger partial charge in [-0.3, -0.25) is 0 Å². The Kier molecular flexibility index (Phi) is 5.71. The molecule has 5 heteroatoms. The van der Waals surface area contributed by atoms with E-state index in [1.54, 1.807) is 0 Å². The minimum absolute atomic E-state index is 0.768. The molecule has 0 aliphatic heterocycles. The van der Waals surface area contributed by atoms with Crippen molar-refractivity contribution in [2.75, 3.05) is 0 Å². The Morgan fingerprint density at radius 2 is 0.698 bits per heavy atom. The maximum atomic E-state index is 6.74. The summed E-state index contributed by atoms with van der Waals surface area (Å²) in [4.78, 5) is 0. The molecule has 0 amide bonds. The summed E-state index contributed by atoms with van der Waals surface area (Å²) in [5.74, 6) is 1.54. The number of para-hydroxylation sites is 4. The highest BCUT2D eigenvalue weighted by Gasteiger charge is 2.18. The minimum Gasteiger partial charge on any atom is -0.457 e. The lowest BCUT2D eigenvalue weighted by atomic mass is 10.1. The van der Waals surface area contributed by atoms with E-state index in [4.69, 9.17) is 13.6 Å². The van der Waals surface area contributed by atoms with Gasteiger partial charge in [-0.05, 0) is 84.9 Å². The van der Waals surface area contributed by atoms with Crippen molar-refractivity contribution in [1.29, 1.82) is 0 Å². The van der Waals surface area contributed by atoms with E-state index in [0.29, 0.717) is 0 Å². The van der Waals surface area contributed by atoms with Crippen LogP contribution in [0.3, 0.4) is 0 Å². The van der Waals surface area contributed by atoms with Gasteiger partial charge in [0.05, 0.1) is 22.1 Å². The Morgan fingerprint density at radius 3 is 1.19 bits per heavy atom. The molecule has 0 spiro atoms. The van der Waals surface area contributed by atoms with E-state index < -0.39 is 0 Å². The summed E-state index contributed by atoms with van der Waals surface area (Å²) in [6.07, 6.45) is 0. The highest BCUT2D eigenvalue weighted by molar-refractivity contribution is 6.12. The van der Waals surface area contributed by atoms with Crippen LogP contribution in [0.1, 0.15) is 0 Å². The number of fused-ring (bicyclic) bond motifs is 12. The van der Waals surface area contributed by atoms with Crippen molar-refractivity contribution >= 4 is 87.5 Å². The average molecular weight is 681 g/mol. The van der Waals surface area contributed by atoms with Crippen molar-refractivity contribution in [2.45, 2.75) is 0 Å². The summed E-state index contributed by atoms with van der Waals surface area (Å²) >= 11 is 0. The fourth-order valence-electron chi connectivity index (χ4n) is 8.43. The number of rotatable bonds is 4. The molecule has 0 unspecified atom stereocenters. The molecule has 12 aromatic rings. The Labute approximate surface area is 302 Å².